The molecular formula is C93H86BF5N24NaO4S. The van der Waals surface area contributed by atoms with Gasteiger partial charge in [0.25, 0.3) is 0 Å². The van der Waals surface area contributed by atoms with E-state index in [4.69, 9.17) is 0 Å². The number of H-pyrrole nitrogens is 4. The molecule has 0 saturated carbocycles. The number of carbonyl (C=O) groups excluding carboxylic acids is 1. The maximum absolute atomic E-state index is 13.7. The standard InChI is InChI=1S/3C23H21FN6O.C23H19FN6O.CH3FS.B.Na.H/c4*1-14(31)19-13-28-30-22(9-21(29-23(19)30)16-8-17(24)12-25-10-16)26-7-6-15-11-27-20-5-3-2-4-18(15)20;1-3-2;;;/h3*2-5,8-14,26-27,31H,6-7H2,1H3;2-5,8-13,26-27H,6-7H2,1H3;1H3;;;/q;;;;;;+1;-1/t2*14-;;;;;;/m10....../s1. The van der Waals surface area contributed by atoms with E-state index in [1.54, 1.807) is 88.3 Å². The topological polar surface area (TPSA) is 361 Å². The Kier molecular flexibility index (Phi) is 29.4. The number of aromatic amines is 4. The van der Waals surface area contributed by atoms with E-state index in [1.807, 2.05) is 97.6 Å². The molecule has 129 heavy (non-hydrogen) atoms. The van der Waals surface area contributed by atoms with Gasteiger partial charge in [-0.3, -0.25) is 24.7 Å². The number of rotatable bonds is 24. The summed E-state index contributed by atoms with van der Waals surface area (Å²) in [4.78, 5) is 59.3. The molecule has 0 saturated heterocycles. The number of aliphatic hydroxyl groups excluding tert-OH is 3. The van der Waals surface area contributed by atoms with Gasteiger partial charge in [-0.05, 0) is 124 Å². The number of para-hydroxylation sites is 4. The van der Waals surface area contributed by atoms with Crippen molar-refractivity contribution in [2.24, 2.45) is 0 Å². The van der Waals surface area contributed by atoms with Crippen LogP contribution in [-0.4, -0.2) is 160 Å². The zero-order valence-electron chi connectivity index (χ0n) is 71.8. The first kappa shape index (κ1) is 91.2. The van der Waals surface area contributed by atoms with E-state index in [1.165, 1.54) is 87.4 Å². The molecule has 4 aromatic carbocycles. The Hall–Kier alpha value is -14.1. The number of nitrogens with one attached hydrogen (secondary N) is 8. The van der Waals surface area contributed by atoms with Gasteiger partial charge in [-0.2, -0.15) is 42.3 Å². The molecule has 1 unspecified atom stereocenters. The van der Waals surface area contributed by atoms with Crippen molar-refractivity contribution in [3.8, 4) is 45.0 Å². The van der Waals surface area contributed by atoms with Crippen molar-refractivity contribution < 1.29 is 72.5 Å². The summed E-state index contributed by atoms with van der Waals surface area (Å²) in [5, 5.41) is 66.3. The number of carbonyl (C=O) groups is 1. The van der Waals surface area contributed by atoms with Gasteiger partial charge in [0.05, 0.1) is 96.2 Å². The molecule has 16 heterocycles. The fourth-order valence-corrected chi connectivity index (χ4v) is 15.0. The number of pyridine rings is 4. The van der Waals surface area contributed by atoms with E-state index >= 15 is 0 Å². The fraction of sp³-hybridized carbons (Fsp3) is 0.172. The molecule has 36 heteroatoms. The van der Waals surface area contributed by atoms with Crippen LogP contribution in [-0.2, 0) is 25.7 Å². The van der Waals surface area contributed by atoms with Gasteiger partial charge in [0.2, 0.25) is 0 Å². The molecule has 0 amide bonds. The number of halogens is 5. The van der Waals surface area contributed by atoms with Crippen molar-refractivity contribution in [1.29, 1.82) is 0 Å². The van der Waals surface area contributed by atoms with Gasteiger partial charge in [0.1, 0.15) is 46.5 Å². The summed E-state index contributed by atoms with van der Waals surface area (Å²) in [6.45, 7) is 9.08. The van der Waals surface area contributed by atoms with Crippen molar-refractivity contribution >= 4 is 116 Å². The first-order valence-corrected chi connectivity index (χ1v) is 41.8. The van der Waals surface area contributed by atoms with Gasteiger partial charge >= 0.3 is 29.6 Å². The van der Waals surface area contributed by atoms with Crippen LogP contribution in [0.2, 0.25) is 0 Å². The van der Waals surface area contributed by atoms with Crippen LogP contribution in [0.4, 0.5) is 44.7 Å². The molecule has 647 valence electrons. The van der Waals surface area contributed by atoms with Gasteiger partial charge in [-0.1, -0.05) is 72.8 Å². The number of fused-ring (bicyclic) bond motifs is 8. The average Bonchev–Trinajstić information content (AvgIpc) is 1.59. The van der Waals surface area contributed by atoms with Crippen LogP contribution in [0.5, 0.6) is 0 Å². The van der Waals surface area contributed by atoms with Crippen LogP contribution < -0.4 is 50.8 Å². The molecule has 3 radical (unpaired) electrons. The number of nitrogens with zero attached hydrogens (tertiary/aromatic N) is 16. The zero-order valence-corrected chi connectivity index (χ0v) is 73.6. The molecule has 20 aromatic rings. The smallest absolute Gasteiger partial charge is 1.00 e. The molecule has 0 aliphatic heterocycles. The zero-order chi connectivity index (χ0) is 88.2. The molecule has 3 atom stereocenters. The van der Waals surface area contributed by atoms with Crippen molar-refractivity contribution in [3.05, 3.63) is 313 Å². The largest absolute Gasteiger partial charge is 1.00 e. The molecule has 11 N–H and O–H groups in total. The second kappa shape index (κ2) is 41.6. The van der Waals surface area contributed by atoms with E-state index in [0.717, 1.165) is 72.5 Å². The molecule has 28 nitrogen and oxygen atoms in total. The Morgan fingerprint density at radius 1 is 0.388 bits per heavy atom. The number of anilines is 4. The van der Waals surface area contributed by atoms with E-state index in [-0.39, 0.29) is 57.3 Å². The Morgan fingerprint density at radius 3 is 0.876 bits per heavy atom. The van der Waals surface area contributed by atoms with E-state index in [9.17, 15) is 41.6 Å². The molecule has 0 spiro atoms. The summed E-state index contributed by atoms with van der Waals surface area (Å²) in [6, 6.07) is 45.5. The minimum atomic E-state index is -0.732. The predicted molar refractivity (Wildman–Crippen MR) is 490 cm³/mol. The fourth-order valence-electron chi connectivity index (χ4n) is 15.0. The summed E-state index contributed by atoms with van der Waals surface area (Å²) in [5.74, 6) is 0.890. The maximum atomic E-state index is 13.7. The van der Waals surface area contributed by atoms with Crippen LogP contribution in [0.25, 0.3) is 111 Å². The molecule has 0 aliphatic carbocycles. The summed E-state index contributed by atoms with van der Waals surface area (Å²) in [5.41, 5.74) is 17.8. The monoisotopic (exact) mass is 1760 g/mol. The number of aromatic nitrogens is 20. The third-order valence-electron chi connectivity index (χ3n) is 21.2. The first-order chi connectivity index (χ1) is 61.8. The van der Waals surface area contributed by atoms with Crippen LogP contribution in [0.3, 0.4) is 0 Å². The minimum absolute atomic E-state index is 0. The Balaban J connectivity index is 0.000000145. The third-order valence-corrected chi connectivity index (χ3v) is 21.2. The van der Waals surface area contributed by atoms with E-state index in [2.05, 4.69) is 144 Å². The van der Waals surface area contributed by atoms with E-state index < -0.39 is 41.6 Å². The van der Waals surface area contributed by atoms with Gasteiger partial charge in [-0.15, -0.1) is 0 Å². The quantitative estimate of drug-likeness (QED) is 0.0152. The van der Waals surface area contributed by atoms with Crippen LogP contribution >= 0.6 is 12.1 Å². The molecular weight excluding hydrogens is 1680 g/mol. The van der Waals surface area contributed by atoms with Crippen molar-refractivity contribution in [2.45, 2.75) is 71.7 Å². The first-order valence-electron chi connectivity index (χ1n) is 40.7. The van der Waals surface area contributed by atoms with Crippen molar-refractivity contribution in [3.63, 3.8) is 0 Å². The Labute approximate surface area is 764 Å². The Morgan fingerprint density at radius 2 is 0.628 bits per heavy atom. The summed E-state index contributed by atoms with van der Waals surface area (Å²) >= 11 is 0.250. The second-order valence-corrected chi connectivity index (χ2v) is 30.2. The average molecular weight is 1760 g/mol. The third kappa shape index (κ3) is 20.8. The predicted octanol–water partition coefficient (Wildman–Crippen LogP) is 14.6. The number of aliphatic hydroxyl groups is 3. The molecule has 0 fully saturated rings. The normalized spacial score (nSPS) is 11.9. The molecule has 0 bridgehead atoms. The van der Waals surface area contributed by atoms with Gasteiger partial charge in [0, 0.05) is 209 Å². The number of Topliss-reactive ketones (excluding diaryl/α,β-unsaturated/α-hetero) is 1. The van der Waals surface area contributed by atoms with Crippen LogP contribution in [0.1, 0.15) is 96.7 Å². The van der Waals surface area contributed by atoms with Crippen molar-refractivity contribution in [1.82, 2.24) is 98.3 Å². The van der Waals surface area contributed by atoms with Gasteiger partial charge in [-0.25, -0.2) is 37.5 Å². The van der Waals surface area contributed by atoms with E-state index in [0.29, 0.717) is 139 Å². The van der Waals surface area contributed by atoms with Gasteiger partial charge in [0.15, 0.2) is 28.4 Å². The SMILES string of the molecule is CC(=O)c1cnn2c(NCCc3c[nH]c4ccccc34)cc(-c3cncc(F)c3)nc12.CC(O)c1cnn2c(NCCc3c[nH]c4ccccc34)cc(-c3cncc(F)c3)nc12.CSF.C[C@@H](O)c1cnn2c(NCCc3c[nH]c4ccccc34)cc(-c3cncc(F)c3)nc12.C[C@H](O)c1cnn2c(NCCc3c[nH]c4ccccc34)cc(-c3cncc(F)c3)nc12.[B].[H-].[Na+]. The van der Waals surface area contributed by atoms with Gasteiger partial charge < -0.3 is 57.9 Å². The summed E-state index contributed by atoms with van der Waals surface area (Å²) < 4.78 is 71.7. The number of ketones is 1. The second-order valence-electron chi connectivity index (χ2n) is 29.9. The number of hydrogen-bond acceptors (Lipinski definition) is 21. The summed E-state index contributed by atoms with van der Waals surface area (Å²) in [6.07, 6.45) is 27.6. The summed E-state index contributed by atoms with van der Waals surface area (Å²) in [7, 11) is 0. The maximum Gasteiger partial charge on any atom is 1.00 e. The number of benzene rings is 4. The van der Waals surface area contributed by atoms with Crippen LogP contribution in [0, 0.1) is 23.3 Å². The van der Waals surface area contributed by atoms with Crippen molar-refractivity contribution in [2.75, 3.05) is 53.7 Å². The molecule has 16 aromatic heterocycles. The van der Waals surface area contributed by atoms with Crippen LogP contribution in [0.15, 0.2) is 245 Å². The molecule has 20 rings (SSSR count). The Bertz CT molecular complexity index is 6800. The minimum Gasteiger partial charge on any atom is -1.00 e. The molecule has 0 aliphatic rings. The number of hydrogen-bond donors (Lipinski definition) is 11.